The number of benzene rings is 2. The molecule has 1 aromatic heterocycles. The number of fused-ring (bicyclic) bond motifs is 2. The summed E-state index contributed by atoms with van der Waals surface area (Å²) in [6, 6.07) is 6.08. The van der Waals surface area contributed by atoms with E-state index < -0.39 is 34.4 Å². The molecular weight excluding hydrogens is 549 g/mol. The molecule has 1 aliphatic carbocycles. The first-order valence-corrected chi connectivity index (χ1v) is 12.8. The van der Waals surface area contributed by atoms with Gasteiger partial charge in [-0.3, -0.25) is 19.2 Å². The number of ether oxygens (including phenoxy) is 3. The third-order valence-electron chi connectivity index (χ3n) is 7.69. The fourth-order valence-electron chi connectivity index (χ4n) is 5.81. The van der Waals surface area contributed by atoms with E-state index in [0.29, 0.717) is 16.3 Å². The van der Waals surface area contributed by atoms with Crippen LogP contribution in [-0.4, -0.2) is 37.3 Å². The fourth-order valence-corrected chi connectivity index (χ4v) is 6.25. The Kier molecular flexibility index (Phi) is 5.78. The molecule has 1 spiro atoms. The number of allylic oxidation sites excluding steroid dienone is 1. The van der Waals surface area contributed by atoms with Gasteiger partial charge in [0.05, 0.1) is 25.9 Å². The van der Waals surface area contributed by atoms with Crippen LogP contribution in [0.15, 0.2) is 51.0 Å². The van der Waals surface area contributed by atoms with Crippen LogP contribution < -0.4 is 25.0 Å². The minimum atomic E-state index is -1.98. The maximum atomic E-state index is 14.4. The summed E-state index contributed by atoms with van der Waals surface area (Å²) >= 11 is 12.6. The SMILES string of the molecule is COc1cc(OC)c2c(c1Cl)O[C@@]1(C(=O)C3=C(C[C@H]1C)NC(=O)CC3c1coc3ccc(Cl)cc3c1=O)C2=O. The number of halogens is 2. The van der Waals surface area contributed by atoms with Gasteiger partial charge in [-0.1, -0.05) is 30.1 Å². The summed E-state index contributed by atoms with van der Waals surface area (Å²) < 4.78 is 22.6. The van der Waals surface area contributed by atoms with Crippen molar-refractivity contribution in [2.45, 2.75) is 31.3 Å². The Hall–Kier alpha value is -3.82. The molecule has 0 saturated heterocycles. The highest BCUT2D eigenvalue weighted by Crippen LogP contribution is 2.55. The van der Waals surface area contributed by atoms with Crippen LogP contribution in [0, 0.1) is 5.92 Å². The van der Waals surface area contributed by atoms with Crippen molar-refractivity contribution in [3.05, 3.63) is 73.2 Å². The number of nitrogens with one attached hydrogen (secondary N) is 1. The molecular formula is C28H21Cl2NO8. The van der Waals surface area contributed by atoms with Gasteiger partial charge in [0.15, 0.2) is 11.2 Å². The molecule has 200 valence electrons. The monoisotopic (exact) mass is 569 g/mol. The molecule has 9 nitrogen and oxygen atoms in total. The summed E-state index contributed by atoms with van der Waals surface area (Å²) in [4.78, 5) is 54.8. The average molecular weight is 570 g/mol. The van der Waals surface area contributed by atoms with E-state index in [1.54, 1.807) is 19.1 Å². The Labute approximate surface area is 231 Å². The maximum Gasteiger partial charge on any atom is 0.236 e. The molecule has 1 amide bonds. The molecule has 2 aromatic carbocycles. The number of rotatable bonds is 3. The van der Waals surface area contributed by atoms with E-state index >= 15 is 0 Å². The Morgan fingerprint density at radius 3 is 2.46 bits per heavy atom. The van der Waals surface area contributed by atoms with Crippen LogP contribution in [0.3, 0.4) is 0 Å². The summed E-state index contributed by atoms with van der Waals surface area (Å²) in [6.45, 7) is 1.69. The predicted octanol–water partition coefficient (Wildman–Crippen LogP) is 4.60. The highest BCUT2D eigenvalue weighted by Gasteiger charge is 2.63. The molecule has 0 fully saturated rings. The van der Waals surface area contributed by atoms with E-state index in [1.165, 1.54) is 32.6 Å². The topological polar surface area (TPSA) is 121 Å². The number of carbonyl (C=O) groups is 3. The number of carbonyl (C=O) groups excluding carboxylic acids is 3. The lowest BCUT2D eigenvalue weighted by Gasteiger charge is -2.41. The molecule has 1 N–H and O–H groups in total. The molecule has 39 heavy (non-hydrogen) atoms. The number of methoxy groups -OCH3 is 2. The first-order chi connectivity index (χ1) is 18.6. The van der Waals surface area contributed by atoms with E-state index in [4.69, 9.17) is 41.8 Å². The van der Waals surface area contributed by atoms with Crippen LogP contribution in [0.5, 0.6) is 17.2 Å². The summed E-state index contributed by atoms with van der Waals surface area (Å²) in [5.74, 6) is -2.97. The zero-order chi connectivity index (χ0) is 27.8. The molecule has 11 heteroatoms. The van der Waals surface area contributed by atoms with E-state index in [9.17, 15) is 19.2 Å². The van der Waals surface area contributed by atoms with Gasteiger partial charge < -0.3 is 23.9 Å². The maximum absolute atomic E-state index is 14.4. The van der Waals surface area contributed by atoms with Crippen molar-refractivity contribution in [2.75, 3.05) is 14.2 Å². The summed E-state index contributed by atoms with van der Waals surface area (Å²) in [7, 11) is 2.79. The van der Waals surface area contributed by atoms with Crippen LogP contribution in [0.2, 0.25) is 10.0 Å². The highest BCUT2D eigenvalue weighted by atomic mass is 35.5. The number of ketones is 2. The van der Waals surface area contributed by atoms with Crippen molar-refractivity contribution in [1.82, 2.24) is 5.32 Å². The Morgan fingerprint density at radius 1 is 1.00 bits per heavy atom. The third kappa shape index (κ3) is 3.46. The normalized spacial score (nSPS) is 24.0. The lowest BCUT2D eigenvalue weighted by Crippen LogP contribution is -2.59. The van der Waals surface area contributed by atoms with Gasteiger partial charge in [-0.2, -0.15) is 0 Å². The first kappa shape index (κ1) is 25.5. The Balaban J connectivity index is 1.53. The van der Waals surface area contributed by atoms with Crippen LogP contribution >= 0.6 is 23.2 Å². The number of hydrogen-bond donors (Lipinski definition) is 1. The Bertz CT molecular complexity index is 1720. The molecule has 3 heterocycles. The van der Waals surface area contributed by atoms with Gasteiger partial charge in [-0.05, 0) is 24.6 Å². The van der Waals surface area contributed by atoms with Crippen molar-refractivity contribution in [2.24, 2.45) is 5.92 Å². The quantitative estimate of drug-likeness (QED) is 0.454. The molecule has 3 aromatic rings. The summed E-state index contributed by atoms with van der Waals surface area (Å²) in [5, 5.41) is 3.34. The van der Waals surface area contributed by atoms with Gasteiger partial charge in [0, 0.05) is 46.2 Å². The number of hydrogen-bond acceptors (Lipinski definition) is 8. The number of amides is 1. The fraction of sp³-hybridized carbons (Fsp3) is 0.286. The smallest absolute Gasteiger partial charge is 0.236 e. The van der Waals surface area contributed by atoms with Crippen LogP contribution in [0.1, 0.15) is 41.6 Å². The lowest BCUT2D eigenvalue weighted by molar-refractivity contribution is -0.131. The molecule has 3 aliphatic rings. The second kappa shape index (κ2) is 8.86. The summed E-state index contributed by atoms with van der Waals surface area (Å²) in [5.41, 5.74) is -1.51. The largest absolute Gasteiger partial charge is 0.496 e. The zero-order valence-corrected chi connectivity index (χ0v) is 22.5. The van der Waals surface area contributed by atoms with Gasteiger partial charge in [0.25, 0.3) is 0 Å². The van der Waals surface area contributed by atoms with Crippen LogP contribution in [0.4, 0.5) is 0 Å². The van der Waals surface area contributed by atoms with E-state index in [0.717, 1.165) is 0 Å². The molecule has 0 bridgehead atoms. The van der Waals surface area contributed by atoms with Gasteiger partial charge in [-0.15, -0.1) is 0 Å². The van der Waals surface area contributed by atoms with Gasteiger partial charge in [-0.25, -0.2) is 0 Å². The van der Waals surface area contributed by atoms with Gasteiger partial charge in [0.1, 0.15) is 27.7 Å². The van der Waals surface area contributed by atoms with Crippen molar-refractivity contribution in [3.63, 3.8) is 0 Å². The van der Waals surface area contributed by atoms with E-state index in [2.05, 4.69) is 5.32 Å². The van der Waals surface area contributed by atoms with E-state index in [1.807, 2.05) is 0 Å². The van der Waals surface area contributed by atoms with E-state index in [-0.39, 0.29) is 63.1 Å². The molecule has 0 radical (unpaired) electrons. The second-order valence-corrected chi connectivity index (χ2v) is 10.6. The molecule has 2 aliphatic heterocycles. The molecule has 0 saturated carbocycles. The molecule has 6 rings (SSSR count). The van der Waals surface area contributed by atoms with Crippen molar-refractivity contribution < 1.29 is 33.0 Å². The number of Topliss-reactive ketones (excluding diaryl/α,β-unsaturated/α-hetero) is 2. The van der Waals surface area contributed by atoms with Crippen molar-refractivity contribution in [3.8, 4) is 17.2 Å². The molecule has 3 atom stereocenters. The molecule has 1 unspecified atom stereocenters. The van der Waals surface area contributed by atoms with Crippen LogP contribution in [-0.2, 0) is 9.59 Å². The van der Waals surface area contributed by atoms with Crippen molar-refractivity contribution >= 4 is 51.6 Å². The third-order valence-corrected chi connectivity index (χ3v) is 8.29. The first-order valence-electron chi connectivity index (χ1n) is 12.1. The Morgan fingerprint density at radius 2 is 1.74 bits per heavy atom. The van der Waals surface area contributed by atoms with Gasteiger partial charge in [0.2, 0.25) is 23.1 Å². The lowest BCUT2D eigenvalue weighted by atomic mass is 9.66. The predicted molar refractivity (Wildman–Crippen MR) is 141 cm³/mol. The average Bonchev–Trinajstić information content (AvgIpc) is 3.22. The second-order valence-electron chi connectivity index (χ2n) is 9.76. The zero-order valence-electron chi connectivity index (χ0n) is 21.0. The van der Waals surface area contributed by atoms with Gasteiger partial charge >= 0.3 is 0 Å². The summed E-state index contributed by atoms with van der Waals surface area (Å²) in [6.07, 6.45) is 1.18. The minimum absolute atomic E-state index is 0.0154. The standard InChI is InChI=1S/C28H21Cl2NO8/c1-11-6-16-21(13(8-20(32)31-16)15-10-38-17-5-4-12(29)7-14(17)24(15)33)26(34)28(11)27(35)22-18(36-2)9-19(37-3)23(30)25(22)39-28/h4-5,7,9-11,13H,6,8H2,1-3H3,(H,31,32)/t11-,13?,28+/m1/s1. The van der Waals surface area contributed by atoms with Crippen molar-refractivity contribution in [1.29, 1.82) is 0 Å². The minimum Gasteiger partial charge on any atom is -0.496 e. The van der Waals surface area contributed by atoms with Crippen LogP contribution in [0.25, 0.3) is 11.0 Å². The highest BCUT2D eigenvalue weighted by molar-refractivity contribution is 6.36.